The van der Waals surface area contributed by atoms with Gasteiger partial charge in [-0.2, -0.15) is 0 Å². The summed E-state index contributed by atoms with van der Waals surface area (Å²) < 4.78 is 5.34. The second kappa shape index (κ2) is 5.69. The molecule has 0 spiro atoms. The summed E-state index contributed by atoms with van der Waals surface area (Å²) in [7, 11) is 3.96. The molecule has 1 heterocycles. The maximum absolute atomic E-state index is 5.34. The molecule has 1 fully saturated rings. The second-order valence-corrected chi connectivity index (χ2v) is 4.41. The maximum Gasteiger partial charge on any atom is 0.0695 e. The first-order chi connectivity index (χ1) is 6.65. The minimum atomic E-state index is 0.307. The molecule has 0 saturated carbocycles. The second-order valence-electron chi connectivity index (χ2n) is 4.41. The predicted molar refractivity (Wildman–Crippen MR) is 59.6 cm³/mol. The largest absolute Gasteiger partial charge is 0.380 e. The fourth-order valence-corrected chi connectivity index (χ4v) is 1.98. The normalized spacial score (nSPS) is 26.8. The van der Waals surface area contributed by atoms with Crippen LogP contribution in [0.3, 0.4) is 0 Å². The molecular weight excluding hydrogens is 176 g/mol. The molecular formula is C11H24N2O. The molecule has 3 nitrogen and oxygen atoms in total. The molecule has 0 amide bonds. The Morgan fingerprint density at radius 3 is 2.71 bits per heavy atom. The van der Waals surface area contributed by atoms with E-state index in [-0.39, 0.29) is 0 Å². The van der Waals surface area contributed by atoms with Crippen molar-refractivity contribution in [2.24, 2.45) is 0 Å². The smallest absolute Gasteiger partial charge is 0.0695 e. The van der Waals surface area contributed by atoms with Gasteiger partial charge in [0.1, 0.15) is 0 Å². The van der Waals surface area contributed by atoms with E-state index < -0.39 is 0 Å². The van der Waals surface area contributed by atoms with Crippen molar-refractivity contribution in [1.82, 2.24) is 10.2 Å². The summed E-state index contributed by atoms with van der Waals surface area (Å²) in [6.45, 7) is 6.67. The van der Waals surface area contributed by atoms with Gasteiger partial charge in [-0.25, -0.2) is 0 Å². The molecule has 1 N–H and O–H groups in total. The quantitative estimate of drug-likeness (QED) is 0.719. The first-order valence-corrected chi connectivity index (χ1v) is 5.61. The van der Waals surface area contributed by atoms with E-state index in [1.54, 1.807) is 7.11 Å². The van der Waals surface area contributed by atoms with Crippen LogP contribution in [0.15, 0.2) is 0 Å². The molecule has 0 radical (unpaired) electrons. The number of nitrogens with one attached hydrogen (secondary N) is 1. The van der Waals surface area contributed by atoms with Gasteiger partial charge >= 0.3 is 0 Å². The molecule has 3 unspecified atom stereocenters. The number of ether oxygens (including phenoxy) is 1. The van der Waals surface area contributed by atoms with Crippen molar-refractivity contribution in [2.45, 2.75) is 44.9 Å². The fourth-order valence-electron chi connectivity index (χ4n) is 1.98. The van der Waals surface area contributed by atoms with Crippen LogP contribution in [0.2, 0.25) is 0 Å². The van der Waals surface area contributed by atoms with E-state index in [4.69, 9.17) is 4.74 Å². The monoisotopic (exact) mass is 200 g/mol. The van der Waals surface area contributed by atoms with E-state index in [2.05, 4.69) is 31.1 Å². The number of hydrogen-bond donors (Lipinski definition) is 1. The molecule has 1 aliphatic heterocycles. The van der Waals surface area contributed by atoms with Gasteiger partial charge in [0.25, 0.3) is 0 Å². The fraction of sp³-hybridized carbons (Fsp3) is 1.00. The molecule has 0 aromatic heterocycles. The molecule has 3 atom stereocenters. The Morgan fingerprint density at radius 1 is 1.50 bits per heavy atom. The van der Waals surface area contributed by atoms with Crippen molar-refractivity contribution in [3.63, 3.8) is 0 Å². The lowest BCUT2D eigenvalue weighted by molar-refractivity contribution is 0.0413. The Balaban J connectivity index is 2.28. The third-order valence-corrected chi connectivity index (χ3v) is 3.42. The molecule has 1 saturated heterocycles. The van der Waals surface area contributed by atoms with E-state index >= 15 is 0 Å². The molecule has 0 bridgehead atoms. The highest BCUT2D eigenvalue weighted by Gasteiger charge is 2.21. The summed E-state index contributed by atoms with van der Waals surface area (Å²) >= 11 is 0. The topological polar surface area (TPSA) is 24.5 Å². The van der Waals surface area contributed by atoms with Gasteiger partial charge in [-0.15, -0.1) is 0 Å². The number of methoxy groups -OCH3 is 1. The average Bonchev–Trinajstić information content (AvgIpc) is 2.68. The standard InChI is InChI=1S/C11H24N2O/c1-9(10(2)14-4)13(3)8-11-6-5-7-12-11/h9-12H,5-8H2,1-4H3. The van der Waals surface area contributed by atoms with E-state index in [0.717, 1.165) is 6.54 Å². The van der Waals surface area contributed by atoms with Crippen LogP contribution in [0.25, 0.3) is 0 Å². The van der Waals surface area contributed by atoms with Crippen LogP contribution < -0.4 is 5.32 Å². The van der Waals surface area contributed by atoms with Gasteiger partial charge in [-0.1, -0.05) is 0 Å². The predicted octanol–water partition coefficient (Wildman–Crippen LogP) is 1.09. The maximum atomic E-state index is 5.34. The zero-order valence-electron chi connectivity index (χ0n) is 9.92. The summed E-state index contributed by atoms with van der Waals surface area (Å²) in [6.07, 6.45) is 2.95. The number of likely N-dealkylation sites (N-methyl/N-ethyl adjacent to an activating group) is 1. The first-order valence-electron chi connectivity index (χ1n) is 5.61. The van der Waals surface area contributed by atoms with Crippen LogP contribution in [-0.4, -0.2) is 50.3 Å². The Bertz CT molecular complexity index is 157. The zero-order chi connectivity index (χ0) is 10.6. The molecule has 0 aromatic carbocycles. The van der Waals surface area contributed by atoms with E-state index in [1.807, 2.05) is 0 Å². The van der Waals surface area contributed by atoms with Crippen molar-refractivity contribution in [2.75, 3.05) is 27.2 Å². The average molecular weight is 200 g/mol. The van der Waals surface area contributed by atoms with Crippen LogP contribution >= 0.6 is 0 Å². The Labute approximate surface area is 87.8 Å². The van der Waals surface area contributed by atoms with Crippen LogP contribution in [-0.2, 0) is 4.74 Å². The van der Waals surface area contributed by atoms with Crippen molar-refractivity contribution in [3.8, 4) is 0 Å². The van der Waals surface area contributed by atoms with Gasteiger partial charge in [0, 0.05) is 25.7 Å². The molecule has 3 heteroatoms. The van der Waals surface area contributed by atoms with Gasteiger partial charge in [0.15, 0.2) is 0 Å². The third-order valence-electron chi connectivity index (χ3n) is 3.42. The summed E-state index contributed by atoms with van der Waals surface area (Å²) in [4.78, 5) is 2.39. The minimum absolute atomic E-state index is 0.307. The number of rotatable bonds is 5. The zero-order valence-corrected chi connectivity index (χ0v) is 9.92. The summed E-state index contributed by atoms with van der Waals surface area (Å²) in [5.41, 5.74) is 0. The van der Waals surface area contributed by atoms with Crippen LogP contribution in [0.4, 0.5) is 0 Å². The Morgan fingerprint density at radius 2 is 2.21 bits per heavy atom. The SMILES string of the molecule is COC(C)C(C)N(C)CC1CCCN1. The molecule has 1 rings (SSSR count). The van der Waals surface area contributed by atoms with Gasteiger partial charge in [0.05, 0.1) is 6.10 Å². The van der Waals surface area contributed by atoms with Crippen LogP contribution in [0.5, 0.6) is 0 Å². The lowest BCUT2D eigenvalue weighted by atomic mass is 10.1. The Kier molecular flexibility index (Phi) is 4.85. The van der Waals surface area contributed by atoms with Gasteiger partial charge in [0.2, 0.25) is 0 Å². The van der Waals surface area contributed by atoms with Crippen LogP contribution in [0.1, 0.15) is 26.7 Å². The van der Waals surface area contributed by atoms with Gasteiger partial charge < -0.3 is 10.1 Å². The third kappa shape index (κ3) is 3.23. The molecule has 84 valence electrons. The summed E-state index contributed by atoms with van der Waals surface area (Å²) in [6, 6.07) is 1.17. The first kappa shape index (κ1) is 12.0. The van der Waals surface area contributed by atoms with E-state index in [1.165, 1.54) is 19.4 Å². The van der Waals surface area contributed by atoms with Gasteiger partial charge in [-0.05, 0) is 40.3 Å². The van der Waals surface area contributed by atoms with Crippen LogP contribution in [0, 0.1) is 0 Å². The molecule has 0 aromatic rings. The summed E-state index contributed by atoms with van der Waals surface area (Å²) in [5.74, 6) is 0. The molecule has 14 heavy (non-hydrogen) atoms. The van der Waals surface area contributed by atoms with Crippen molar-refractivity contribution >= 4 is 0 Å². The van der Waals surface area contributed by atoms with E-state index in [0.29, 0.717) is 18.2 Å². The van der Waals surface area contributed by atoms with Gasteiger partial charge in [-0.3, -0.25) is 4.90 Å². The summed E-state index contributed by atoms with van der Waals surface area (Å²) in [5, 5.41) is 3.52. The highest BCUT2D eigenvalue weighted by Crippen LogP contribution is 2.10. The lowest BCUT2D eigenvalue weighted by Gasteiger charge is -2.30. The van der Waals surface area contributed by atoms with E-state index in [9.17, 15) is 0 Å². The molecule has 0 aliphatic carbocycles. The van der Waals surface area contributed by atoms with Crippen molar-refractivity contribution in [1.29, 1.82) is 0 Å². The van der Waals surface area contributed by atoms with Crippen molar-refractivity contribution < 1.29 is 4.74 Å². The molecule has 1 aliphatic rings. The number of nitrogens with zero attached hydrogens (tertiary/aromatic N) is 1. The minimum Gasteiger partial charge on any atom is -0.380 e. The highest BCUT2D eigenvalue weighted by atomic mass is 16.5. The van der Waals surface area contributed by atoms with Crippen molar-refractivity contribution in [3.05, 3.63) is 0 Å². The Hall–Kier alpha value is -0.120. The number of hydrogen-bond acceptors (Lipinski definition) is 3. The highest BCUT2D eigenvalue weighted by molar-refractivity contribution is 4.80. The lowest BCUT2D eigenvalue weighted by Crippen LogP contribution is -2.44.